The zero-order chi connectivity index (χ0) is 39.9. The summed E-state index contributed by atoms with van der Waals surface area (Å²) >= 11 is 1.90. The van der Waals surface area contributed by atoms with Crippen LogP contribution < -0.4 is 20.7 Å². The Hall–Kier alpha value is -6.00. The Morgan fingerprint density at radius 2 is 1.03 bits per heavy atom. The van der Waals surface area contributed by atoms with Crippen LogP contribution in [0.3, 0.4) is 0 Å². The van der Waals surface area contributed by atoms with E-state index in [0.717, 1.165) is 0 Å². The third-order valence-corrected chi connectivity index (χ3v) is 19.6. The Kier molecular flexibility index (Phi) is 8.28. The van der Waals surface area contributed by atoms with Gasteiger partial charge < -0.3 is 4.57 Å². The fourth-order valence-corrected chi connectivity index (χ4v) is 16.5. The summed E-state index contributed by atoms with van der Waals surface area (Å²) in [6, 6.07) is 71.7. The maximum Gasteiger partial charge on any atom is 0.179 e. The van der Waals surface area contributed by atoms with E-state index in [1.807, 2.05) is 11.3 Å². The molecule has 0 bridgehead atoms. The average molecular weight is 794 g/mol. The lowest BCUT2D eigenvalue weighted by molar-refractivity contribution is 0.332. The van der Waals surface area contributed by atoms with Gasteiger partial charge in [0.2, 0.25) is 0 Å². The molecule has 59 heavy (non-hydrogen) atoms. The number of fused-ring (bicyclic) bond motifs is 7. The van der Waals surface area contributed by atoms with Crippen molar-refractivity contribution >= 4 is 82.1 Å². The molecule has 11 rings (SSSR count). The summed E-state index contributed by atoms with van der Waals surface area (Å²) in [4.78, 5) is 0. The molecular formula is C56H47NSSi. The number of para-hydroxylation sites is 1. The van der Waals surface area contributed by atoms with Gasteiger partial charge in [-0.2, -0.15) is 0 Å². The molecule has 3 heteroatoms. The van der Waals surface area contributed by atoms with Gasteiger partial charge in [-0.1, -0.05) is 185 Å². The first-order chi connectivity index (χ1) is 28.7. The van der Waals surface area contributed by atoms with Crippen molar-refractivity contribution in [3.63, 3.8) is 0 Å². The van der Waals surface area contributed by atoms with Crippen LogP contribution in [0, 0.1) is 0 Å². The molecule has 1 aliphatic rings. The van der Waals surface area contributed by atoms with Crippen LogP contribution in [0.2, 0.25) is 0 Å². The second-order valence-electron chi connectivity index (χ2n) is 17.9. The van der Waals surface area contributed by atoms with Crippen LogP contribution in [0.1, 0.15) is 51.7 Å². The Morgan fingerprint density at radius 1 is 0.441 bits per heavy atom. The fourth-order valence-electron chi connectivity index (χ4n) is 10.5. The number of hydrogen-bond acceptors (Lipinski definition) is 1. The van der Waals surface area contributed by atoms with Gasteiger partial charge in [-0.05, 0) is 97.0 Å². The van der Waals surface area contributed by atoms with Crippen molar-refractivity contribution < 1.29 is 0 Å². The second-order valence-corrected chi connectivity index (χ2v) is 22.8. The largest absolute Gasteiger partial charge is 0.309 e. The Bertz CT molecular complexity index is 3180. The van der Waals surface area contributed by atoms with Crippen LogP contribution in [-0.2, 0) is 10.8 Å². The van der Waals surface area contributed by atoms with Gasteiger partial charge in [-0.15, -0.1) is 11.3 Å². The van der Waals surface area contributed by atoms with Gasteiger partial charge in [0.1, 0.15) is 0 Å². The Balaban J connectivity index is 1.18. The molecule has 0 unspecified atom stereocenters. The molecule has 2 aromatic heterocycles. The lowest BCUT2D eigenvalue weighted by Gasteiger charge is -2.43. The van der Waals surface area contributed by atoms with Crippen LogP contribution in [0.15, 0.2) is 188 Å². The van der Waals surface area contributed by atoms with Crippen molar-refractivity contribution in [1.82, 2.24) is 4.57 Å². The zero-order valence-corrected chi connectivity index (χ0v) is 36.0. The molecule has 10 aromatic rings. The number of rotatable bonds is 6. The number of aromatic nitrogens is 1. The minimum Gasteiger partial charge on any atom is -0.309 e. The highest BCUT2D eigenvalue weighted by molar-refractivity contribution is 7.26. The summed E-state index contributed by atoms with van der Waals surface area (Å²) in [6.07, 6.45) is 2.39. The van der Waals surface area contributed by atoms with E-state index >= 15 is 0 Å². The Labute approximate surface area is 352 Å². The summed E-state index contributed by atoms with van der Waals surface area (Å²) in [7, 11) is -2.87. The van der Waals surface area contributed by atoms with E-state index in [0.29, 0.717) is 0 Å². The number of nitrogens with zero attached hydrogens (tertiary/aromatic N) is 1. The van der Waals surface area contributed by atoms with Crippen LogP contribution in [0.4, 0.5) is 0 Å². The maximum absolute atomic E-state index is 2.87. The average Bonchev–Trinajstić information content (AvgIpc) is 3.82. The molecule has 1 nitrogen and oxygen atoms in total. The molecular weight excluding hydrogens is 747 g/mol. The highest BCUT2D eigenvalue weighted by Crippen LogP contribution is 2.46. The van der Waals surface area contributed by atoms with Crippen molar-refractivity contribution in [2.45, 2.75) is 51.4 Å². The molecule has 0 spiro atoms. The highest BCUT2D eigenvalue weighted by atomic mass is 32.1. The first kappa shape index (κ1) is 36.1. The molecule has 0 saturated carbocycles. The molecule has 0 amide bonds. The lowest BCUT2D eigenvalue weighted by atomic mass is 9.63. The van der Waals surface area contributed by atoms with E-state index in [4.69, 9.17) is 0 Å². The third-order valence-electron chi connectivity index (χ3n) is 13.6. The number of hydrogen-bond donors (Lipinski definition) is 0. The van der Waals surface area contributed by atoms with E-state index in [1.165, 1.54) is 104 Å². The molecule has 0 atom stereocenters. The van der Waals surface area contributed by atoms with Crippen LogP contribution in [-0.4, -0.2) is 12.6 Å². The second kappa shape index (κ2) is 13.5. The van der Waals surface area contributed by atoms with Gasteiger partial charge in [0.15, 0.2) is 8.07 Å². The topological polar surface area (TPSA) is 4.93 Å². The van der Waals surface area contributed by atoms with Gasteiger partial charge in [0.05, 0.1) is 11.0 Å². The summed E-state index contributed by atoms with van der Waals surface area (Å²) < 4.78 is 5.20. The van der Waals surface area contributed by atoms with Gasteiger partial charge in [-0.3, -0.25) is 0 Å². The smallest absolute Gasteiger partial charge is 0.179 e. The first-order valence-corrected chi connectivity index (χ1v) is 23.9. The normalized spacial score (nSPS) is 14.9. The molecule has 0 fully saturated rings. The predicted molar refractivity (Wildman–Crippen MR) is 258 cm³/mol. The third kappa shape index (κ3) is 5.55. The van der Waals surface area contributed by atoms with E-state index in [9.17, 15) is 0 Å². The van der Waals surface area contributed by atoms with Crippen LogP contribution >= 0.6 is 11.3 Å². The number of thiophene rings is 1. The molecule has 2 heterocycles. The summed E-state index contributed by atoms with van der Waals surface area (Å²) in [5.74, 6) is 0. The van der Waals surface area contributed by atoms with E-state index in [2.05, 4.69) is 220 Å². The predicted octanol–water partition coefficient (Wildman–Crippen LogP) is 12.5. The van der Waals surface area contributed by atoms with Crippen LogP contribution in [0.5, 0.6) is 0 Å². The monoisotopic (exact) mass is 793 g/mol. The summed E-state index contributed by atoms with van der Waals surface area (Å²) in [5, 5.41) is 10.8. The summed E-state index contributed by atoms with van der Waals surface area (Å²) in [6.45, 7) is 9.78. The van der Waals surface area contributed by atoms with E-state index in [-0.39, 0.29) is 10.8 Å². The van der Waals surface area contributed by atoms with E-state index < -0.39 is 8.07 Å². The lowest BCUT2D eigenvalue weighted by Crippen LogP contribution is -2.75. The molecule has 0 radical (unpaired) electrons. The zero-order valence-electron chi connectivity index (χ0n) is 34.2. The minimum atomic E-state index is -2.87. The molecule has 286 valence electrons. The quantitative estimate of drug-likeness (QED) is 0.117. The molecule has 1 aliphatic carbocycles. The van der Waals surface area contributed by atoms with Crippen molar-refractivity contribution in [3.8, 4) is 16.8 Å². The molecule has 0 aliphatic heterocycles. The SMILES string of the molecule is CC1(C)CCC(C)(C)c2cc([Si](c3ccccc3)(c3ccccc3)c3cccc(-n4c5ccccc5c5ccc(-c6cccc7c6sc6ccccc67)cc54)c3)ccc21. The van der Waals surface area contributed by atoms with Crippen molar-refractivity contribution in [2.75, 3.05) is 0 Å². The first-order valence-electron chi connectivity index (χ1n) is 21.1. The molecule has 0 saturated heterocycles. The van der Waals surface area contributed by atoms with E-state index in [1.54, 1.807) is 0 Å². The van der Waals surface area contributed by atoms with Crippen molar-refractivity contribution in [3.05, 3.63) is 199 Å². The Morgan fingerprint density at radius 3 is 1.80 bits per heavy atom. The highest BCUT2D eigenvalue weighted by Gasteiger charge is 2.44. The van der Waals surface area contributed by atoms with Gasteiger partial charge in [-0.25, -0.2) is 0 Å². The fraction of sp³-hybridized carbons (Fsp3) is 0.143. The molecule has 8 aromatic carbocycles. The standard InChI is InChI=1S/C56H47NSSi/c1-55(2)33-34-56(3,4)50-37-43(30-32-49(50)55)59(40-18-7-5-8-19-40,41-20-9-6-10-21-41)42-22-15-17-39(36-42)57-51-27-13-11-23-45(51)46-31-29-38(35-52(46)57)44-25-16-26-48-47-24-12-14-28-53(47)58-54(44)48/h5-32,35-37H,33-34H2,1-4H3. The van der Waals surface area contributed by atoms with Crippen molar-refractivity contribution in [1.29, 1.82) is 0 Å². The van der Waals surface area contributed by atoms with Gasteiger partial charge in [0, 0.05) is 36.6 Å². The molecule has 0 N–H and O–H groups in total. The minimum absolute atomic E-state index is 0.0943. The van der Waals surface area contributed by atoms with Crippen molar-refractivity contribution in [2.24, 2.45) is 0 Å². The van der Waals surface area contributed by atoms with Crippen LogP contribution in [0.25, 0.3) is 58.8 Å². The van der Waals surface area contributed by atoms with Gasteiger partial charge >= 0.3 is 0 Å². The maximum atomic E-state index is 2.64. The number of benzene rings is 8. The van der Waals surface area contributed by atoms with Gasteiger partial charge in [0.25, 0.3) is 0 Å². The summed E-state index contributed by atoms with van der Waals surface area (Å²) in [5.41, 5.74) is 9.42.